The molecule has 0 atom stereocenters. The van der Waals surface area contributed by atoms with Gasteiger partial charge < -0.3 is 24.6 Å². The lowest BCUT2D eigenvalue weighted by Crippen LogP contribution is -2.38. The summed E-state index contributed by atoms with van der Waals surface area (Å²) in [6.45, 7) is 4.08. The van der Waals surface area contributed by atoms with Gasteiger partial charge >= 0.3 is 0 Å². The number of hydrogen-bond donors (Lipinski definition) is 1. The first-order valence-corrected chi connectivity index (χ1v) is 9.97. The summed E-state index contributed by atoms with van der Waals surface area (Å²) in [5, 5.41) is 3.33. The smallest absolute Gasteiger partial charge is 0.259 e. The summed E-state index contributed by atoms with van der Waals surface area (Å²) in [5.41, 5.74) is 2.18. The fourth-order valence-electron chi connectivity index (χ4n) is 2.72. The summed E-state index contributed by atoms with van der Waals surface area (Å²) in [5.74, 6) is 2.25. The molecule has 0 aliphatic carbocycles. The zero-order valence-electron chi connectivity index (χ0n) is 18.5. The molecule has 30 heavy (non-hydrogen) atoms. The Kier molecular flexibility index (Phi) is 9.00. The zero-order chi connectivity index (χ0) is 21.9. The van der Waals surface area contributed by atoms with Crippen LogP contribution in [0.5, 0.6) is 11.5 Å². The number of carbonyl (C=O) groups is 1. The van der Waals surface area contributed by atoms with Crippen LogP contribution < -0.4 is 14.8 Å². The van der Waals surface area contributed by atoms with Gasteiger partial charge in [0, 0.05) is 34.2 Å². The normalized spacial score (nSPS) is 11.0. The second kappa shape index (κ2) is 11.7. The number of rotatable bonds is 9. The first-order valence-electron chi connectivity index (χ1n) is 9.97. The lowest BCUT2D eigenvalue weighted by atomic mass is 10.2. The maximum absolute atomic E-state index is 11.7. The predicted molar refractivity (Wildman–Crippen MR) is 120 cm³/mol. The highest BCUT2D eigenvalue weighted by atomic mass is 16.5. The van der Waals surface area contributed by atoms with Crippen LogP contribution in [0.15, 0.2) is 53.5 Å². The van der Waals surface area contributed by atoms with Crippen molar-refractivity contribution in [1.29, 1.82) is 0 Å². The van der Waals surface area contributed by atoms with Crippen molar-refractivity contribution in [3.63, 3.8) is 0 Å². The van der Waals surface area contributed by atoms with Crippen LogP contribution in [0.4, 0.5) is 0 Å². The highest BCUT2D eigenvalue weighted by Crippen LogP contribution is 2.15. The van der Waals surface area contributed by atoms with E-state index in [2.05, 4.69) is 22.3 Å². The minimum absolute atomic E-state index is 0.0208. The molecule has 7 heteroatoms. The highest BCUT2D eigenvalue weighted by Gasteiger charge is 2.08. The quantitative estimate of drug-likeness (QED) is 0.507. The highest BCUT2D eigenvalue weighted by molar-refractivity contribution is 5.79. The summed E-state index contributed by atoms with van der Waals surface area (Å²) in [6.07, 6.45) is 0. The molecule has 0 saturated carbocycles. The van der Waals surface area contributed by atoms with Crippen molar-refractivity contribution in [2.45, 2.75) is 20.0 Å². The van der Waals surface area contributed by atoms with E-state index in [9.17, 15) is 4.79 Å². The molecule has 0 bridgehead atoms. The van der Waals surface area contributed by atoms with Crippen LogP contribution >= 0.6 is 0 Å². The summed E-state index contributed by atoms with van der Waals surface area (Å²) in [6, 6.07) is 15.7. The third kappa shape index (κ3) is 7.31. The number of nitrogens with zero attached hydrogens (tertiary/aromatic N) is 3. The number of methoxy groups -OCH3 is 1. The van der Waals surface area contributed by atoms with E-state index in [0.29, 0.717) is 12.3 Å². The SMILES string of the molecule is CCNC(=NCc1cccc(OCC(=O)N(C)C)c1)N(C)Cc1ccc(OC)cc1. The van der Waals surface area contributed by atoms with E-state index in [1.54, 1.807) is 21.2 Å². The average Bonchev–Trinajstić information content (AvgIpc) is 2.75. The van der Waals surface area contributed by atoms with Crippen molar-refractivity contribution in [2.75, 3.05) is 41.4 Å². The van der Waals surface area contributed by atoms with Crippen LogP contribution in [0.25, 0.3) is 0 Å². The Hall–Kier alpha value is -3.22. The molecule has 0 aliphatic rings. The molecule has 0 saturated heterocycles. The van der Waals surface area contributed by atoms with E-state index in [-0.39, 0.29) is 12.5 Å². The van der Waals surface area contributed by atoms with Gasteiger partial charge in [-0.15, -0.1) is 0 Å². The standard InChI is InChI=1S/C23H32N4O3/c1-6-24-23(27(4)16-18-10-12-20(29-5)13-11-18)25-15-19-8-7-9-21(14-19)30-17-22(28)26(2)3/h7-14H,6,15-17H2,1-5H3,(H,24,25). The van der Waals surface area contributed by atoms with Crippen LogP contribution in [0, 0.1) is 0 Å². The van der Waals surface area contributed by atoms with Gasteiger partial charge in [0.15, 0.2) is 12.6 Å². The van der Waals surface area contributed by atoms with E-state index in [0.717, 1.165) is 30.4 Å². The molecule has 2 aromatic rings. The lowest BCUT2D eigenvalue weighted by molar-refractivity contribution is -0.130. The predicted octanol–water partition coefficient (Wildman–Crippen LogP) is 2.76. The summed E-state index contributed by atoms with van der Waals surface area (Å²) < 4.78 is 10.8. The molecule has 0 aromatic heterocycles. The zero-order valence-corrected chi connectivity index (χ0v) is 18.5. The number of likely N-dealkylation sites (N-methyl/N-ethyl adjacent to an activating group) is 1. The van der Waals surface area contributed by atoms with Gasteiger partial charge in [-0.05, 0) is 42.3 Å². The van der Waals surface area contributed by atoms with Crippen molar-refractivity contribution < 1.29 is 14.3 Å². The van der Waals surface area contributed by atoms with E-state index in [1.165, 1.54) is 10.5 Å². The van der Waals surface area contributed by atoms with E-state index < -0.39 is 0 Å². The molecule has 0 radical (unpaired) electrons. The second-order valence-electron chi connectivity index (χ2n) is 7.10. The third-order valence-corrected chi connectivity index (χ3v) is 4.45. The molecular weight excluding hydrogens is 380 g/mol. The van der Waals surface area contributed by atoms with Gasteiger partial charge in [0.1, 0.15) is 11.5 Å². The maximum atomic E-state index is 11.7. The average molecular weight is 413 g/mol. The van der Waals surface area contributed by atoms with Crippen LogP contribution in [-0.4, -0.2) is 63.1 Å². The van der Waals surface area contributed by atoms with Gasteiger partial charge in [-0.2, -0.15) is 0 Å². The molecule has 0 spiro atoms. The maximum Gasteiger partial charge on any atom is 0.259 e. The van der Waals surface area contributed by atoms with Crippen molar-refractivity contribution in [3.8, 4) is 11.5 Å². The number of carbonyl (C=O) groups excluding carboxylic acids is 1. The van der Waals surface area contributed by atoms with Gasteiger partial charge in [-0.25, -0.2) is 4.99 Å². The Labute approximate surface area is 179 Å². The van der Waals surface area contributed by atoms with Crippen molar-refractivity contribution >= 4 is 11.9 Å². The minimum atomic E-state index is -0.0759. The first-order chi connectivity index (χ1) is 14.4. The number of benzene rings is 2. The van der Waals surface area contributed by atoms with Gasteiger partial charge in [0.2, 0.25) is 0 Å². The fraction of sp³-hybridized carbons (Fsp3) is 0.391. The van der Waals surface area contributed by atoms with Crippen molar-refractivity contribution in [1.82, 2.24) is 15.1 Å². The summed E-state index contributed by atoms with van der Waals surface area (Å²) in [4.78, 5) is 20.1. The lowest BCUT2D eigenvalue weighted by Gasteiger charge is -2.22. The third-order valence-electron chi connectivity index (χ3n) is 4.45. The number of ether oxygens (including phenoxy) is 2. The number of amides is 1. The Morgan fingerprint density at radius 3 is 2.40 bits per heavy atom. The molecule has 0 aliphatic heterocycles. The van der Waals surface area contributed by atoms with Crippen molar-refractivity contribution in [2.24, 2.45) is 4.99 Å². The second-order valence-corrected chi connectivity index (χ2v) is 7.10. The molecule has 1 N–H and O–H groups in total. The molecule has 2 aromatic carbocycles. The minimum Gasteiger partial charge on any atom is -0.497 e. The number of hydrogen-bond acceptors (Lipinski definition) is 4. The molecule has 0 fully saturated rings. The Bertz CT molecular complexity index is 835. The molecular formula is C23H32N4O3. The Morgan fingerprint density at radius 1 is 1.03 bits per heavy atom. The molecule has 162 valence electrons. The van der Waals surface area contributed by atoms with E-state index in [4.69, 9.17) is 14.5 Å². The number of guanidine groups is 1. The van der Waals surface area contributed by atoms with Crippen LogP contribution in [-0.2, 0) is 17.9 Å². The van der Waals surface area contributed by atoms with E-state index in [1.807, 2.05) is 50.4 Å². The summed E-state index contributed by atoms with van der Waals surface area (Å²) >= 11 is 0. The monoisotopic (exact) mass is 412 g/mol. The van der Waals surface area contributed by atoms with E-state index >= 15 is 0 Å². The van der Waals surface area contributed by atoms with Gasteiger partial charge in [0.25, 0.3) is 5.91 Å². The number of nitrogens with one attached hydrogen (secondary N) is 1. The Balaban J connectivity index is 2.02. The van der Waals surface area contributed by atoms with Crippen molar-refractivity contribution in [3.05, 3.63) is 59.7 Å². The fourth-order valence-corrected chi connectivity index (χ4v) is 2.72. The summed E-state index contributed by atoms with van der Waals surface area (Å²) in [7, 11) is 7.10. The van der Waals surface area contributed by atoms with Crippen LogP contribution in [0.2, 0.25) is 0 Å². The molecule has 7 nitrogen and oxygen atoms in total. The van der Waals surface area contributed by atoms with Gasteiger partial charge in [0.05, 0.1) is 13.7 Å². The Morgan fingerprint density at radius 2 is 1.77 bits per heavy atom. The first kappa shape index (κ1) is 23.1. The van der Waals surface area contributed by atoms with Gasteiger partial charge in [-0.3, -0.25) is 4.79 Å². The molecule has 0 unspecified atom stereocenters. The van der Waals surface area contributed by atoms with Gasteiger partial charge in [-0.1, -0.05) is 24.3 Å². The largest absolute Gasteiger partial charge is 0.497 e. The van der Waals surface area contributed by atoms with Crippen LogP contribution in [0.3, 0.4) is 0 Å². The molecule has 2 rings (SSSR count). The molecule has 0 heterocycles. The molecule has 1 amide bonds. The topological polar surface area (TPSA) is 66.4 Å². The van der Waals surface area contributed by atoms with Crippen LogP contribution in [0.1, 0.15) is 18.1 Å². The number of aliphatic imine (C=N–C) groups is 1.